The maximum Gasteiger partial charge on any atom is 0.329 e. The summed E-state index contributed by atoms with van der Waals surface area (Å²) in [7, 11) is 0. The maximum atomic E-state index is 13.4. The molecule has 3 N–H and O–H groups in total. The van der Waals surface area contributed by atoms with Gasteiger partial charge in [0.1, 0.15) is 6.04 Å². The number of hydrogen-bond donors (Lipinski definition) is 3. The predicted molar refractivity (Wildman–Crippen MR) is 148 cm³/mol. The van der Waals surface area contributed by atoms with Crippen LogP contribution in [0.15, 0.2) is 42.7 Å². The van der Waals surface area contributed by atoms with Crippen molar-refractivity contribution in [3.05, 3.63) is 64.0 Å². The van der Waals surface area contributed by atoms with Crippen LogP contribution in [0.1, 0.15) is 37.1 Å². The van der Waals surface area contributed by atoms with Gasteiger partial charge in [0.05, 0.1) is 29.6 Å². The van der Waals surface area contributed by atoms with Gasteiger partial charge < -0.3 is 25.4 Å². The third kappa shape index (κ3) is 6.04. The predicted octanol–water partition coefficient (Wildman–Crippen LogP) is 3.91. The lowest BCUT2D eigenvalue weighted by molar-refractivity contribution is -0.126. The minimum Gasteiger partial charge on any atom is -0.394 e. The number of carbonyl (C=O) groups is 2. The van der Waals surface area contributed by atoms with Crippen LogP contribution in [-0.2, 0) is 16.0 Å². The van der Waals surface area contributed by atoms with Crippen LogP contribution < -0.4 is 10.6 Å². The Labute approximate surface area is 236 Å². The van der Waals surface area contributed by atoms with Gasteiger partial charge in [-0.3, -0.25) is 9.36 Å². The summed E-state index contributed by atoms with van der Waals surface area (Å²) in [5.41, 5.74) is 2.71. The molecule has 0 bridgehead atoms. The molecule has 0 unspecified atom stereocenters. The van der Waals surface area contributed by atoms with Crippen LogP contribution in [0.5, 0.6) is 0 Å². The smallest absolute Gasteiger partial charge is 0.329 e. The average molecular weight is 573 g/mol. The molecule has 2 amide bonds. The summed E-state index contributed by atoms with van der Waals surface area (Å²) in [5, 5.41) is 16.9. The van der Waals surface area contributed by atoms with Crippen LogP contribution in [0, 0.1) is 0 Å². The zero-order chi connectivity index (χ0) is 27.5. The zero-order valence-corrected chi connectivity index (χ0v) is 23.0. The van der Waals surface area contributed by atoms with Crippen LogP contribution in [0.25, 0.3) is 11.3 Å². The number of ether oxygens (including phenoxy) is 1. The first-order chi connectivity index (χ1) is 18.8. The summed E-state index contributed by atoms with van der Waals surface area (Å²) in [5.74, 6) is 0.0998. The number of anilines is 1. The molecule has 39 heavy (non-hydrogen) atoms. The number of aliphatic hydroxyl groups excluding tert-OH is 1. The van der Waals surface area contributed by atoms with Crippen molar-refractivity contribution in [2.24, 2.45) is 0 Å². The molecule has 0 aliphatic carbocycles. The first-order valence-electron chi connectivity index (χ1n) is 12.9. The summed E-state index contributed by atoms with van der Waals surface area (Å²) >= 11 is 12.5. The fraction of sp³-hybridized carbons (Fsp3) is 0.407. The fourth-order valence-electron chi connectivity index (χ4n) is 4.89. The highest BCUT2D eigenvalue weighted by Crippen LogP contribution is 2.30. The molecule has 4 heterocycles. The minimum atomic E-state index is -0.761. The van der Waals surface area contributed by atoms with E-state index in [2.05, 4.69) is 20.6 Å². The molecule has 2 atom stereocenters. The fourth-order valence-corrected chi connectivity index (χ4v) is 5.29. The second-order valence-electron chi connectivity index (χ2n) is 9.71. The highest BCUT2D eigenvalue weighted by Gasteiger charge is 2.33. The van der Waals surface area contributed by atoms with E-state index in [1.54, 1.807) is 43.6 Å². The molecule has 0 radical (unpaired) electrons. The Balaban J connectivity index is 1.30. The lowest BCUT2D eigenvalue weighted by Crippen LogP contribution is -2.52. The SMILES string of the molecule is C[C@@H](C(=O)N[C@H](CO)c1cccc(Cl)c1)N1CCc2cc(-c3nc(NC4CCOCC4)ncc3Cl)cn2C1=O. The summed E-state index contributed by atoms with van der Waals surface area (Å²) in [6.45, 7) is 3.13. The van der Waals surface area contributed by atoms with E-state index < -0.39 is 12.1 Å². The molecule has 2 aromatic heterocycles. The number of benzene rings is 1. The Bertz CT molecular complexity index is 1360. The van der Waals surface area contributed by atoms with Gasteiger partial charge in [-0.1, -0.05) is 35.3 Å². The quantitative estimate of drug-likeness (QED) is 0.374. The van der Waals surface area contributed by atoms with Crippen LogP contribution in [-0.4, -0.2) is 74.9 Å². The van der Waals surface area contributed by atoms with Gasteiger partial charge in [0.15, 0.2) is 0 Å². The lowest BCUT2D eigenvalue weighted by Gasteiger charge is -2.33. The van der Waals surface area contributed by atoms with Crippen LogP contribution >= 0.6 is 23.2 Å². The normalized spacial score (nSPS) is 17.4. The molecule has 2 aliphatic heterocycles. The van der Waals surface area contributed by atoms with Crippen molar-refractivity contribution in [3.8, 4) is 11.3 Å². The first-order valence-corrected chi connectivity index (χ1v) is 13.7. The van der Waals surface area contributed by atoms with E-state index in [4.69, 9.17) is 27.9 Å². The molecule has 10 nitrogen and oxygen atoms in total. The van der Waals surface area contributed by atoms with Crippen molar-refractivity contribution < 1.29 is 19.4 Å². The van der Waals surface area contributed by atoms with Crippen molar-refractivity contribution in [2.45, 2.75) is 44.3 Å². The van der Waals surface area contributed by atoms with Gasteiger partial charge in [0, 0.05) is 54.7 Å². The Morgan fingerprint density at radius 1 is 1.26 bits per heavy atom. The van der Waals surface area contributed by atoms with Gasteiger partial charge in [-0.15, -0.1) is 0 Å². The maximum absolute atomic E-state index is 13.4. The Hall–Kier alpha value is -3.18. The van der Waals surface area contributed by atoms with Gasteiger partial charge in [0.2, 0.25) is 11.9 Å². The number of nitrogens with one attached hydrogen (secondary N) is 2. The standard InChI is InChI=1S/C27H30Cl2N6O4/c1-16(25(37)32-23(15-36)17-3-2-4-19(28)11-17)34-8-5-21-12-18(14-35(21)27(34)38)24-22(29)13-30-26(33-24)31-20-6-9-39-10-7-20/h2-4,11-14,16,20,23,36H,5-10,15H2,1H3,(H,32,37)(H,30,31,33)/t16-,23+/m0/s1. The molecule has 5 rings (SSSR count). The number of aromatic nitrogens is 3. The van der Waals surface area contributed by atoms with Crippen LogP contribution in [0.4, 0.5) is 10.7 Å². The van der Waals surface area contributed by atoms with Crippen molar-refractivity contribution in [2.75, 3.05) is 31.7 Å². The van der Waals surface area contributed by atoms with E-state index in [-0.39, 0.29) is 24.6 Å². The number of rotatable bonds is 8. The molecular weight excluding hydrogens is 543 g/mol. The summed E-state index contributed by atoms with van der Waals surface area (Å²) in [6, 6.07) is 7.34. The van der Waals surface area contributed by atoms with E-state index in [1.807, 2.05) is 6.07 Å². The number of carbonyl (C=O) groups excluding carboxylic acids is 2. The van der Waals surface area contributed by atoms with Gasteiger partial charge in [0.25, 0.3) is 0 Å². The molecule has 2 aliphatic rings. The molecule has 0 spiro atoms. The van der Waals surface area contributed by atoms with E-state index in [0.29, 0.717) is 59.0 Å². The van der Waals surface area contributed by atoms with Gasteiger partial charge in [-0.2, -0.15) is 0 Å². The van der Waals surface area contributed by atoms with Crippen molar-refractivity contribution >= 4 is 41.1 Å². The van der Waals surface area contributed by atoms with Gasteiger partial charge >= 0.3 is 6.03 Å². The first kappa shape index (κ1) is 27.4. The van der Waals surface area contributed by atoms with Gasteiger partial charge in [-0.05, 0) is 43.5 Å². The molecule has 1 saturated heterocycles. The van der Waals surface area contributed by atoms with Gasteiger partial charge in [-0.25, -0.2) is 14.8 Å². The largest absolute Gasteiger partial charge is 0.394 e. The zero-order valence-electron chi connectivity index (χ0n) is 21.4. The summed E-state index contributed by atoms with van der Waals surface area (Å²) < 4.78 is 6.95. The number of halogens is 2. The molecule has 3 aromatic rings. The van der Waals surface area contributed by atoms with Crippen molar-refractivity contribution in [1.29, 1.82) is 0 Å². The Morgan fingerprint density at radius 2 is 2.05 bits per heavy atom. The van der Waals surface area contributed by atoms with Crippen LogP contribution in [0.2, 0.25) is 10.0 Å². The lowest BCUT2D eigenvalue weighted by atomic mass is 10.1. The number of nitrogens with zero attached hydrogens (tertiary/aromatic N) is 4. The number of fused-ring (bicyclic) bond motifs is 1. The number of hydrogen-bond acceptors (Lipinski definition) is 7. The topological polar surface area (TPSA) is 122 Å². The Morgan fingerprint density at radius 3 is 2.79 bits per heavy atom. The molecule has 12 heteroatoms. The molecule has 1 aromatic carbocycles. The van der Waals surface area contributed by atoms with E-state index in [0.717, 1.165) is 18.5 Å². The third-order valence-corrected chi connectivity index (χ3v) is 7.64. The molecule has 0 saturated carbocycles. The second kappa shape index (κ2) is 11.9. The number of amides is 2. The third-order valence-electron chi connectivity index (χ3n) is 7.13. The van der Waals surface area contributed by atoms with Crippen LogP contribution in [0.3, 0.4) is 0 Å². The van der Waals surface area contributed by atoms with Crippen molar-refractivity contribution in [1.82, 2.24) is 24.8 Å². The van der Waals surface area contributed by atoms with E-state index in [1.165, 1.54) is 9.47 Å². The highest BCUT2D eigenvalue weighted by molar-refractivity contribution is 6.33. The van der Waals surface area contributed by atoms with E-state index >= 15 is 0 Å². The molecule has 206 valence electrons. The average Bonchev–Trinajstić information content (AvgIpc) is 3.38. The highest BCUT2D eigenvalue weighted by atomic mass is 35.5. The monoisotopic (exact) mass is 572 g/mol. The Kier molecular flexibility index (Phi) is 8.37. The van der Waals surface area contributed by atoms with E-state index in [9.17, 15) is 14.7 Å². The molecular formula is C27H30Cl2N6O4. The molecule has 1 fully saturated rings. The van der Waals surface area contributed by atoms with Crippen molar-refractivity contribution in [3.63, 3.8) is 0 Å². The second-order valence-corrected chi connectivity index (χ2v) is 10.6. The summed E-state index contributed by atoms with van der Waals surface area (Å²) in [4.78, 5) is 37.0. The minimum absolute atomic E-state index is 0.224. The number of aliphatic hydroxyl groups is 1. The summed E-state index contributed by atoms with van der Waals surface area (Å²) in [6.07, 6.45) is 5.55.